The average molecular weight is 282 g/mol. The van der Waals surface area contributed by atoms with Gasteiger partial charge in [0, 0.05) is 10.5 Å². The predicted octanol–water partition coefficient (Wildman–Crippen LogP) is 2.77. The fourth-order valence-electron chi connectivity index (χ4n) is 1.09. The molecule has 0 aliphatic carbocycles. The van der Waals surface area contributed by atoms with Crippen LogP contribution in [-0.4, -0.2) is 5.21 Å². The Morgan fingerprint density at radius 1 is 1.64 bits per heavy atom. The Labute approximate surface area is 94.5 Å². The molecular weight excluding hydrogens is 272 g/mol. The van der Waals surface area contributed by atoms with E-state index in [1.807, 2.05) is 0 Å². The highest BCUT2D eigenvalue weighted by Gasteiger charge is 2.15. The van der Waals surface area contributed by atoms with Gasteiger partial charge in [0.2, 0.25) is 0 Å². The van der Waals surface area contributed by atoms with E-state index in [4.69, 9.17) is 16.8 Å². The Bertz CT molecular complexity index is 381. The van der Waals surface area contributed by atoms with Gasteiger partial charge in [-0.2, -0.15) is 5.48 Å². The molecule has 1 aromatic carbocycles. The molecule has 76 valence electrons. The molecule has 3 N–H and O–H groups in total. The normalized spacial score (nSPS) is 11.9. The second kappa shape index (κ2) is 4.89. The predicted molar refractivity (Wildman–Crippen MR) is 57.0 cm³/mol. The lowest BCUT2D eigenvalue weighted by molar-refractivity contribution is -0.825. The minimum absolute atomic E-state index is 0.208. The summed E-state index contributed by atoms with van der Waals surface area (Å²) in [6.45, 7) is 1.70. The van der Waals surface area contributed by atoms with Gasteiger partial charge in [-0.25, -0.2) is 9.60 Å². The van der Waals surface area contributed by atoms with Gasteiger partial charge in [-0.1, -0.05) is 33.6 Å². The maximum absolute atomic E-state index is 13.4. The number of hydrogen-bond donors (Lipinski definition) is 2. The number of halogens is 3. The molecule has 0 radical (unpaired) electrons. The minimum Gasteiger partial charge on any atom is -0.215 e. The van der Waals surface area contributed by atoms with E-state index in [9.17, 15) is 4.39 Å². The highest BCUT2D eigenvalue weighted by molar-refractivity contribution is 9.10. The summed E-state index contributed by atoms with van der Waals surface area (Å²) in [7, 11) is 0. The maximum Gasteiger partial charge on any atom is 0.174 e. The maximum atomic E-state index is 13.4. The number of nitrogens with two attached hydrogens (primary N) is 1. The van der Waals surface area contributed by atoms with Crippen molar-refractivity contribution >= 4 is 38.3 Å². The van der Waals surface area contributed by atoms with E-state index in [0.717, 1.165) is 5.48 Å². The number of allylic oxidation sites excluding steroid dienone is 1. The number of benzene rings is 1. The van der Waals surface area contributed by atoms with Crippen LogP contribution < -0.4 is 5.48 Å². The van der Waals surface area contributed by atoms with Crippen molar-refractivity contribution in [1.82, 2.24) is 0 Å². The van der Waals surface area contributed by atoms with E-state index in [-0.39, 0.29) is 10.6 Å². The van der Waals surface area contributed by atoms with Gasteiger partial charge in [0.1, 0.15) is 5.82 Å². The number of quaternary nitrogens is 1. The second-order valence-corrected chi connectivity index (χ2v) is 3.94. The lowest BCUT2D eigenvalue weighted by atomic mass is 10.1. The molecule has 0 saturated heterocycles. The Morgan fingerprint density at radius 2 is 2.29 bits per heavy atom. The third-order valence-electron chi connectivity index (χ3n) is 1.72. The first kappa shape index (κ1) is 11.7. The molecule has 1 aromatic rings. The van der Waals surface area contributed by atoms with E-state index in [0.29, 0.717) is 10.2 Å². The van der Waals surface area contributed by atoms with Gasteiger partial charge in [0.05, 0.1) is 10.6 Å². The Kier molecular flexibility index (Phi) is 4.07. The standard InChI is InChI=1S/C9H8BrClFNO/c1-2-6(11)9-7(12)3-5(10)4-8(9)13-14/h2-4,13-14H,1H3/p+1/b6-2+. The first-order chi connectivity index (χ1) is 6.60. The summed E-state index contributed by atoms with van der Waals surface area (Å²) in [4.78, 5) is 0. The second-order valence-electron chi connectivity index (χ2n) is 2.62. The zero-order valence-electron chi connectivity index (χ0n) is 7.39. The summed E-state index contributed by atoms with van der Waals surface area (Å²) in [5, 5.41) is 9.19. The number of rotatable bonds is 2. The quantitative estimate of drug-likeness (QED) is 0.635. The molecule has 1 rings (SSSR count). The fourth-order valence-corrected chi connectivity index (χ4v) is 1.74. The van der Waals surface area contributed by atoms with Crippen molar-refractivity contribution in [2.24, 2.45) is 0 Å². The topological polar surface area (TPSA) is 36.8 Å². The van der Waals surface area contributed by atoms with E-state index in [1.54, 1.807) is 19.1 Å². The van der Waals surface area contributed by atoms with Crippen LogP contribution in [0, 0.1) is 5.82 Å². The van der Waals surface area contributed by atoms with Crippen LogP contribution in [0.25, 0.3) is 5.03 Å². The smallest absolute Gasteiger partial charge is 0.174 e. The van der Waals surface area contributed by atoms with Gasteiger partial charge in [-0.15, -0.1) is 0 Å². The molecule has 0 aliphatic rings. The summed E-state index contributed by atoms with van der Waals surface area (Å²) < 4.78 is 14.0. The van der Waals surface area contributed by atoms with E-state index in [1.165, 1.54) is 6.07 Å². The molecule has 0 heterocycles. The van der Waals surface area contributed by atoms with E-state index < -0.39 is 5.82 Å². The van der Waals surface area contributed by atoms with Crippen molar-refractivity contribution in [3.63, 3.8) is 0 Å². The summed E-state index contributed by atoms with van der Waals surface area (Å²) in [5.41, 5.74) is 1.38. The summed E-state index contributed by atoms with van der Waals surface area (Å²) in [5.74, 6) is -0.470. The van der Waals surface area contributed by atoms with Gasteiger partial charge >= 0.3 is 0 Å². The van der Waals surface area contributed by atoms with Crippen LogP contribution in [0.2, 0.25) is 0 Å². The lowest BCUT2D eigenvalue weighted by Gasteiger charge is -2.05. The van der Waals surface area contributed by atoms with Gasteiger partial charge < -0.3 is 0 Å². The van der Waals surface area contributed by atoms with Crippen LogP contribution in [0.5, 0.6) is 0 Å². The largest absolute Gasteiger partial charge is 0.215 e. The zero-order valence-corrected chi connectivity index (χ0v) is 9.73. The molecule has 0 spiro atoms. The molecular formula is C9H9BrClFNO+. The van der Waals surface area contributed by atoms with Gasteiger partial charge in [-0.05, 0) is 13.0 Å². The van der Waals surface area contributed by atoms with Crippen molar-refractivity contribution in [3.05, 3.63) is 34.1 Å². The summed E-state index contributed by atoms with van der Waals surface area (Å²) >= 11 is 8.93. The highest BCUT2D eigenvalue weighted by Crippen LogP contribution is 2.29. The molecule has 14 heavy (non-hydrogen) atoms. The van der Waals surface area contributed by atoms with Crippen LogP contribution in [0.3, 0.4) is 0 Å². The Balaban J connectivity index is 3.40. The molecule has 0 amide bonds. The zero-order chi connectivity index (χ0) is 10.7. The third-order valence-corrected chi connectivity index (χ3v) is 2.58. The van der Waals surface area contributed by atoms with Crippen LogP contribution in [0.15, 0.2) is 22.7 Å². The molecule has 0 bridgehead atoms. The van der Waals surface area contributed by atoms with E-state index >= 15 is 0 Å². The molecule has 0 fully saturated rings. The van der Waals surface area contributed by atoms with E-state index in [2.05, 4.69) is 15.9 Å². The van der Waals surface area contributed by atoms with Crippen LogP contribution in [-0.2, 0) is 0 Å². The van der Waals surface area contributed by atoms with Crippen LogP contribution in [0.1, 0.15) is 12.5 Å². The molecule has 0 unspecified atom stereocenters. The SMILES string of the molecule is C/C=C(/Cl)c1c(F)cc(Br)cc1[NH2+]O. The van der Waals surface area contributed by atoms with Crippen LogP contribution >= 0.6 is 27.5 Å². The molecule has 0 atom stereocenters. The first-order valence-corrected chi connectivity index (χ1v) is 5.06. The first-order valence-electron chi connectivity index (χ1n) is 3.88. The van der Waals surface area contributed by atoms with Crippen LogP contribution in [0.4, 0.5) is 10.1 Å². The highest BCUT2D eigenvalue weighted by atomic mass is 79.9. The Morgan fingerprint density at radius 3 is 2.79 bits per heavy atom. The van der Waals surface area contributed by atoms with Gasteiger partial charge in [0.15, 0.2) is 5.69 Å². The van der Waals surface area contributed by atoms with Crippen molar-refractivity contribution in [2.45, 2.75) is 6.92 Å². The third kappa shape index (κ3) is 2.33. The summed E-state index contributed by atoms with van der Waals surface area (Å²) in [6, 6.07) is 2.89. The molecule has 0 aromatic heterocycles. The fraction of sp³-hybridized carbons (Fsp3) is 0.111. The van der Waals surface area contributed by atoms with Crippen molar-refractivity contribution in [1.29, 1.82) is 0 Å². The van der Waals surface area contributed by atoms with Crippen molar-refractivity contribution in [2.75, 3.05) is 0 Å². The van der Waals surface area contributed by atoms with Gasteiger partial charge in [-0.3, -0.25) is 0 Å². The monoisotopic (exact) mass is 280 g/mol. The number of hydrogen-bond acceptors (Lipinski definition) is 1. The van der Waals surface area contributed by atoms with Crippen molar-refractivity contribution < 1.29 is 15.1 Å². The molecule has 0 aliphatic heterocycles. The van der Waals surface area contributed by atoms with Gasteiger partial charge in [0.25, 0.3) is 0 Å². The lowest BCUT2D eigenvalue weighted by Crippen LogP contribution is -2.74. The minimum atomic E-state index is -0.470. The van der Waals surface area contributed by atoms with Crippen molar-refractivity contribution in [3.8, 4) is 0 Å². The average Bonchev–Trinajstić information content (AvgIpc) is 2.15. The Hall–Kier alpha value is -0.420. The summed E-state index contributed by atoms with van der Waals surface area (Å²) in [6.07, 6.45) is 1.57. The molecule has 2 nitrogen and oxygen atoms in total. The molecule has 5 heteroatoms. The molecule has 0 saturated carbocycles.